The Bertz CT molecular complexity index is 1660. The van der Waals surface area contributed by atoms with Crippen molar-refractivity contribution in [3.05, 3.63) is 47.4 Å². The molecule has 0 aromatic carbocycles. The number of hydrogen-bond acceptors (Lipinski definition) is 12. The molecule has 0 amide bonds. The first kappa shape index (κ1) is 44.0. The maximum absolute atomic E-state index is 13.3. The third-order valence-corrected chi connectivity index (χ3v) is 10.3. The van der Waals surface area contributed by atoms with E-state index >= 15 is 0 Å². The van der Waals surface area contributed by atoms with Gasteiger partial charge in [-0.3, -0.25) is 14.5 Å². The minimum absolute atomic E-state index is 0.0316. The largest absolute Gasteiger partial charge is 0.472 e. The molecule has 6 atom stereocenters. The lowest BCUT2D eigenvalue weighted by molar-refractivity contribution is -0.204. The number of amidine groups is 1. The van der Waals surface area contributed by atoms with Crippen molar-refractivity contribution in [2.24, 2.45) is 10.7 Å². The number of nitriles is 2. The quantitative estimate of drug-likeness (QED) is 0.0334. The summed E-state index contributed by atoms with van der Waals surface area (Å²) >= 11 is 0. The third kappa shape index (κ3) is 13.5. The van der Waals surface area contributed by atoms with Crippen LogP contribution in [-0.4, -0.2) is 83.2 Å². The molecule has 0 aliphatic carbocycles. The Morgan fingerprint density at radius 3 is 2.35 bits per heavy atom. The Kier molecular flexibility index (Phi) is 17.3. The van der Waals surface area contributed by atoms with Crippen LogP contribution in [-0.2, 0) is 32.6 Å². The molecule has 0 saturated carbocycles. The van der Waals surface area contributed by atoms with Gasteiger partial charge in [0, 0.05) is 24.6 Å². The summed E-state index contributed by atoms with van der Waals surface area (Å²) in [5.74, 6) is -0.860. The smallest absolute Gasteiger partial charge is 0.469 e. The average molecular weight is 786 g/mol. The normalized spacial score (nSPS) is 23.4. The lowest BCUT2D eigenvalue weighted by Gasteiger charge is -2.29. The van der Waals surface area contributed by atoms with Gasteiger partial charge in [-0.25, -0.2) is 14.5 Å². The zero-order chi connectivity index (χ0) is 39.7. The van der Waals surface area contributed by atoms with Gasteiger partial charge in [0.15, 0.2) is 5.79 Å². The van der Waals surface area contributed by atoms with E-state index in [1.807, 2.05) is 6.07 Å². The Balaban J connectivity index is 1.30. The zero-order valence-corrected chi connectivity index (χ0v) is 33.0. The van der Waals surface area contributed by atoms with Crippen LogP contribution < -0.4 is 10.5 Å². The maximum atomic E-state index is 13.3. The van der Waals surface area contributed by atoms with E-state index in [4.69, 9.17) is 49.1 Å². The topological polar surface area (TPSA) is 240 Å². The van der Waals surface area contributed by atoms with Crippen LogP contribution >= 0.6 is 7.82 Å². The Morgan fingerprint density at radius 1 is 1.04 bits per heavy atom. The summed E-state index contributed by atoms with van der Waals surface area (Å²) < 4.78 is 54.2. The monoisotopic (exact) mass is 785 g/mol. The molecule has 0 radical (unpaired) electrons. The van der Waals surface area contributed by atoms with E-state index in [-0.39, 0.29) is 18.3 Å². The number of aromatic amines is 1. The summed E-state index contributed by atoms with van der Waals surface area (Å²) in [4.78, 5) is 21.8. The molecule has 1 unspecified atom stereocenters. The molecule has 2 aliphatic heterocycles. The van der Waals surface area contributed by atoms with E-state index in [2.05, 4.69) is 28.0 Å². The first-order valence-electron chi connectivity index (χ1n) is 19.1. The number of H-pyrrole nitrogens is 1. The van der Waals surface area contributed by atoms with Gasteiger partial charge in [0.25, 0.3) is 0 Å². The number of fused-ring (bicyclic) bond motifs is 1. The molecule has 2 aromatic rings. The molecular formula is C38H56N7O9P. The molecule has 0 bridgehead atoms. The van der Waals surface area contributed by atoms with Crippen molar-refractivity contribution < 1.29 is 42.2 Å². The highest BCUT2D eigenvalue weighted by Gasteiger charge is 2.64. The van der Waals surface area contributed by atoms with Crippen molar-refractivity contribution in [1.29, 1.82) is 15.9 Å². The van der Waals surface area contributed by atoms with E-state index in [1.54, 1.807) is 32.0 Å². The summed E-state index contributed by atoms with van der Waals surface area (Å²) in [7, 11) is -4.81. The number of phosphoric acid groups is 1. The van der Waals surface area contributed by atoms with Gasteiger partial charge in [0.05, 0.1) is 24.5 Å². The van der Waals surface area contributed by atoms with Crippen molar-refractivity contribution in [2.75, 3.05) is 26.4 Å². The predicted molar refractivity (Wildman–Crippen MR) is 203 cm³/mol. The maximum Gasteiger partial charge on any atom is 0.472 e. The average Bonchev–Trinajstić information content (AvgIpc) is 3.86. The molecule has 4 heterocycles. The van der Waals surface area contributed by atoms with Crippen molar-refractivity contribution in [3.8, 4) is 18.0 Å². The number of aliphatic imine (C=N–C) groups is 1. The number of nitrogens with two attached hydrogens (primary N) is 1. The van der Waals surface area contributed by atoms with Crippen molar-refractivity contribution in [3.63, 3.8) is 0 Å². The van der Waals surface area contributed by atoms with Crippen LogP contribution in [0.5, 0.6) is 5.88 Å². The molecule has 55 heavy (non-hydrogen) atoms. The van der Waals surface area contributed by atoms with Gasteiger partial charge in [0.1, 0.15) is 55.3 Å². The van der Waals surface area contributed by atoms with Gasteiger partial charge in [-0.05, 0) is 38.5 Å². The van der Waals surface area contributed by atoms with E-state index in [1.165, 1.54) is 70.1 Å². The second-order valence-electron chi connectivity index (χ2n) is 14.3. The fourth-order valence-electron chi connectivity index (χ4n) is 6.53. The summed E-state index contributed by atoms with van der Waals surface area (Å²) in [5.41, 5.74) is 5.30. The fourth-order valence-corrected chi connectivity index (χ4v) is 7.32. The van der Waals surface area contributed by atoms with Crippen LogP contribution in [0, 0.1) is 28.1 Å². The SMILES string of the molecule is CCCCCCCCCCCCCCOC[C@H](COP(=O)(O)OC[C@@]1(C#N)O[C@@H](c2ccc(C(N)=NC=N)[nH]2)[C@@H]2OC(C)(C)O[C@@H]21)Oc1ccc(C#N)cn1. The lowest BCUT2D eigenvalue weighted by atomic mass is 9.96. The second-order valence-corrected chi connectivity index (χ2v) is 15.7. The number of phosphoric ester groups is 1. The summed E-state index contributed by atoms with van der Waals surface area (Å²) in [6, 6.07) is 10.4. The summed E-state index contributed by atoms with van der Waals surface area (Å²) in [6.07, 6.45) is 13.3. The highest BCUT2D eigenvalue weighted by Crippen LogP contribution is 2.52. The predicted octanol–water partition coefficient (Wildman–Crippen LogP) is 6.75. The molecule has 4 rings (SSSR count). The van der Waals surface area contributed by atoms with Crippen LogP contribution in [0.3, 0.4) is 0 Å². The van der Waals surface area contributed by atoms with E-state index < -0.39 is 56.8 Å². The Hall–Kier alpha value is -3.70. The fraction of sp³-hybridized carbons (Fsp3) is 0.658. The highest BCUT2D eigenvalue weighted by atomic mass is 31.2. The number of ether oxygens (including phenoxy) is 5. The first-order chi connectivity index (χ1) is 26.4. The van der Waals surface area contributed by atoms with Gasteiger partial charge in [-0.15, -0.1) is 0 Å². The number of unbranched alkanes of at least 4 members (excludes halogenated alkanes) is 11. The number of hydrogen-bond donors (Lipinski definition) is 4. The van der Waals surface area contributed by atoms with Gasteiger partial charge in [-0.1, -0.05) is 77.6 Å². The molecule has 2 fully saturated rings. The van der Waals surface area contributed by atoms with Crippen LogP contribution in [0.15, 0.2) is 35.5 Å². The van der Waals surface area contributed by atoms with Gasteiger partial charge < -0.3 is 39.3 Å². The number of rotatable bonds is 26. The summed E-state index contributed by atoms with van der Waals surface area (Å²) in [6.45, 7) is 4.99. The standard InChI is InChI=1S/C38H56N7O9P/c1-4-5-6-7-8-9-10-11-12-13-14-15-20-48-23-29(51-32-19-16-28(21-39)22-43-32)24-49-55(46,47)50-26-38(25-40)35-34(52-37(2,3)54-35)33(53-38)30-17-18-31(45-30)36(42)44-27-41/h16-19,22,27,29,33-35,45H,4-15,20,23-24,26H2,1-3H3,(H,46,47)(H3,41,42,44)/t29-,33+,34+,35+,38-/m1/s1. The molecule has 2 saturated heterocycles. The highest BCUT2D eigenvalue weighted by molar-refractivity contribution is 7.47. The van der Waals surface area contributed by atoms with Crippen LogP contribution in [0.1, 0.15) is 121 Å². The lowest BCUT2D eigenvalue weighted by Crippen LogP contribution is -2.45. The van der Waals surface area contributed by atoms with E-state index in [0.717, 1.165) is 25.6 Å². The molecule has 16 nitrogen and oxygen atoms in total. The van der Waals surface area contributed by atoms with Crippen molar-refractivity contribution in [1.82, 2.24) is 9.97 Å². The number of pyridine rings is 1. The molecule has 0 spiro atoms. The molecule has 2 aromatic heterocycles. The van der Waals surface area contributed by atoms with Crippen molar-refractivity contribution in [2.45, 2.75) is 134 Å². The Labute approximate surface area is 323 Å². The number of aromatic nitrogens is 2. The third-order valence-electron chi connectivity index (χ3n) is 9.37. The van der Waals surface area contributed by atoms with Crippen molar-refractivity contribution >= 4 is 20.0 Å². The van der Waals surface area contributed by atoms with Crippen LogP contribution in [0.4, 0.5) is 0 Å². The minimum Gasteiger partial charge on any atom is -0.469 e. The van der Waals surface area contributed by atoms with E-state index in [9.17, 15) is 14.7 Å². The number of nitrogens with zero attached hydrogens (tertiary/aromatic N) is 4. The molecule has 5 N–H and O–H groups in total. The zero-order valence-electron chi connectivity index (χ0n) is 32.1. The molecule has 302 valence electrons. The van der Waals surface area contributed by atoms with Gasteiger partial charge >= 0.3 is 7.82 Å². The second kappa shape index (κ2) is 21.6. The molecule has 17 heteroatoms. The van der Waals surface area contributed by atoms with Crippen LogP contribution in [0.2, 0.25) is 0 Å². The summed E-state index contributed by atoms with van der Waals surface area (Å²) in [5, 5.41) is 26.7. The first-order valence-corrected chi connectivity index (χ1v) is 20.6. The van der Waals surface area contributed by atoms with Gasteiger partial charge in [0.2, 0.25) is 11.5 Å². The van der Waals surface area contributed by atoms with Gasteiger partial charge in [-0.2, -0.15) is 10.5 Å². The number of nitrogens with one attached hydrogen (secondary N) is 2. The molecule has 2 aliphatic rings. The Morgan fingerprint density at radius 2 is 1.73 bits per heavy atom. The molecular weight excluding hydrogens is 729 g/mol. The van der Waals surface area contributed by atoms with E-state index in [0.29, 0.717) is 23.6 Å². The van der Waals surface area contributed by atoms with Crippen LogP contribution in [0.25, 0.3) is 0 Å². The minimum atomic E-state index is -4.81.